The minimum atomic E-state index is -0.523. The zero-order valence-electron chi connectivity index (χ0n) is 24.3. The fraction of sp³-hybridized carbons (Fsp3) is 0.649. The van der Waals surface area contributed by atoms with Gasteiger partial charge < -0.3 is 10.2 Å². The molecule has 0 heterocycles. The van der Waals surface area contributed by atoms with Crippen LogP contribution in [-0.2, 0) is 4.79 Å². The molecule has 2 aromatic rings. The SMILES string of the molecule is CC(C(=O)C(C)c1ccc(C2C3CC4CC(C3)CC2(O)C4)cc1)c1ccc(C2C3CC4CC(C3)CC2(O)C4)cc1. The molecule has 3 heteroatoms. The third-order valence-corrected chi connectivity index (χ3v) is 13.0. The van der Waals surface area contributed by atoms with Crippen molar-refractivity contribution >= 4 is 5.78 Å². The molecule has 8 fully saturated rings. The van der Waals surface area contributed by atoms with Gasteiger partial charge in [-0.1, -0.05) is 62.4 Å². The summed E-state index contributed by atoms with van der Waals surface area (Å²) < 4.78 is 0. The van der Waals surface area contributed by atoms with Crippen molar-refractivity contribution in [2.24, 2.45) is 35.5 Å². The van der Waals surface area contributed by atoms with E-state index >= 15 is 0 Å². The maximum Gasteiger partial charge on any atom is 0.147 e. The summed E-state index contributed by atoms with van der Waals surface area (Å²) in [5.41, 5.74) is 3.64. The highest BCUT2D eigenvalue weighted by molar-refractivity contribution is 5.91. The highest BCUT2D eigenvalue weighted by atomic mass is 16.3. The van der Waals surface area contributed by atoms with Crippen LogP contribution in [0.15, 0.2) is 48.5 Å². The Hall–Kier alpha value is -1.97. The zero-order chi connectivity index (χ0) is 27.4. The Labute approximate surface area is 239 Å². The van der Waals surface area contributed by atoms with E-state index in [1.165, 1.54) is 49.7 Å². The number of hydrogen-bond acceptors (Lipinski definition) is 3. The van der Waals surface area contributed by atoms with Crippen molar-refractivity contribution < 1.29 is 15.0 Å². The molecule has 0 spiro atoms. The Kier molecular flexibility index (Phi) is 5.79. The van der Waals surface area contributed by atoms with Gasteiger partial charge in [0.15, 0.2) is 0 Å². The van der Waals surface area contributed by atoms with Crippen molar-refractivity contribution in [3.8, 4) is 0 Å². The van der Waals surface area contributed by atoms with Gasteiger partial charge in [0.05, 0.1) is 11.2 Å². The molecule has 8 unspecified atom stereocenters. The molecule has 0 aliphatic heterocycles. The molecule has 2 N–H and O–H groups in total. The summed E-state index contributed by atoms with van der Waals surface area (Å²) in [6.07, 6.45) is 11.6. The zero-order valence-corrected chi connectivity index (χ0v) is 24.3. The lowest BCUT2D eigenvalue weighted by atomic mass is 9.48. The second kappa shape index (κ2) is 9.01. The summed E-state index contributed by atoms with van der Waals surface area (Å²) >= 11 is 0. The second-order valence-corrected chi connectivity index (χ2v) is 15.6. The van der Waals surface area contributed by atoms with Crippen molar-refractivity contribution in [3.05, 3.63) is 70.8 Å². The number of aliphatic hydroxyl groups is 2. The van der Waals surface area contributed by atoms with E-state index < -0.39 is 11.2 Å². The molecule has 8 atom stereocenters. The number of Topliss-reactive ketones (excluding diaryl/α,β-unsaturated/α-hetero) is 1. The number of carbonyl (C=O) groups is 1. The average molecular weight is 539 g/mol. The monoisotopic (exact) mass is 538 g/mol. The van der Waals surface area contributed by atoms with E-state index in [9.17, 15) is 15.0 Å². The van der Waals surface area contributed by atoms with Gasteiger partial charge in [0, 0.05) is 23.7 Å². The van der Waals surface area contributed by atoms with E-state index in [0.29, 0.717) is 11.8 Å². The highest BCUT2D eigenvalue weighted by Gasteiger charge is 2.57. The normalized spacial score (nSPS) is 44.1. The molecule has 8 aliphatic carbocycles. The van der Waals surface area contributed by atoms with Crippen LogP contribution in [0.25, 0.3) is 0 Å². The molecule has 0 aromatic heterocycles. The first kappa shape index (κ1) is 25.7. The van der Waals surface area contributed by atoms with Crippen LogP contribution >= 0.6 is 0 Å². The number of carbonyl (C=O) groups excluding carboxylic acids is 1. The number of rotatable bonds is 6. The summed E-state index contributed by atoms with van der Waals surface area (Å²) in [6, 6.07) is 17.4. The quantitative estimate of drug-likeness (QED) is 0.401. The van der Waals surface area contributed by atoms with E-state index in [1.54, 1.807) is 0 Å². The van der Waals surface area contributed by atoms with Crippen LogP contribution in [0.3, 0.4) is 0 Å². The molecule has 40 heavy (non-hydrogen) atoms. The summed E-state index contributed by atoms with van der Waals surface area (Å²) in [6.45, 7) is 4.09. The third kappa shape index (κ3) is 3.93. The molecule has 8 aliphatic rings. The molecule has 3 nitrogen and oxygen atoms in total. The summed E-state index contributed by atoms with van der Waals surface area (Å²) in [7, 11) is 0. The summed E-state index contributed by atoms with van der Waals surface area (Å²) in [5.74, 6) is 4.55. The second-order valence-electron chi connectivity index (χ2n) is 15.6. The predicted octanol–water partition coefficient (Wildman–Crippen LogP) is 7.47. The smallest absolute Gasteiger partial charge is 0.147 e. The molecular weight excluding hydrogens is 492 g/mol. The first-order valence-corrected chi connectivity index (χ1v) is 16.4. The molecule has 0 amide bonds. The van der Waals surface area contributed by atoms with E-state index in [-0.39, 0.29) is 29.5 Å². The van der Waals surface area contributed by atoms with E-state index in [0.717, 1.165) is 60.5 Å². The Bertz CT molecular complexity index is 1170. The average Bonchev–Trinajstić information content (AvgIpc) is 2.90. The van der Waals surface area contributed by atoms with Crippen molar-refractivity contribution in [2.75, 3.05) is 0 Å². The van der Waals surface area contributed by atoms with Gasteiger partial charge in [0.2, 0.25) is 0 Å². The molecule has 0 radical (unpaired) electrons. The van der Waals surface area contributed by atoms with Crippen molar-refractivity contribution in [1.82, 2.24) is 0 Å². The lowest BCUT2D eigenvalue weighted by molar-refractivity contribution is -0.143. The Balaban J connectivity index is 0.964. The van der Waals surface area contributed by atoms with Gasteiger partial charge >= 0.3 is 0 Å². The van der Waals surface area contributed by atoms with Gasteiger partial charge in [-0.15, -0.1) is 0 Å². The summed E-state index contributed by atoms with van der Waals surface area (Å²) in [5, 5.41) is 23.2. The lowest BCUT2D eigenvalue weighted by Crippen LogP contribution is -2.55. The first-order valence-electron chi connectivity index (χ1n) is 16.4. The molecule has 2 aromatic carbocycles. The van der Waals surface area contributed by atoms with Crippen molar-refractivity contribution in [1.29, 1.82) is 0 Å². The van der Waals surface area contributed by atoms with Crippen LogP contribution in [0.2, 0.25) is 0 Å². The lowest BCUT2D eigenvalue weighted by Gasteiger charge is -2.59. The van der Waals surface area contributed by atoms with Gasteiger partial charge in [0.25, 0.3) is 0 Å². The molecule has 212 valence electrons. The van der Waals surface area contributed by atoms with Crippen molar-refractivity contribution in [3.63, 3.8) is 0 Å². The maximum absolute atomic E-state index is 13.6. The van der Waals surface area contributed by atoms with Gasteiger partial charge in [-0.05, 0) is 122 Å². The standard InChI is InChI=1S/C37H46O3/c1-21(27-3-7-29(8-4-27)33-31-13-23-11-24(14-31)18-36(33,39)17-23)35(38)22(2)28-5-9-30(10-6-28)34-32-15-25-12-26(16-32)20-37(34,40)19-25/h3-10,21-26,31-34,39-40H,11-20H2,1-2H3. The largest absolute Gasteiger partial charge is 0.389 e. The molecule has 8 bridgehead atoms. The predicted molar refractivity (Wildman–Crippen MR) is 157 cm³/mol. The van der Waals surface area contributed by atoms with Crippen LogP contribution in [0.4, 0.5) is 0 Å². The van der Waals surface area contributed by atoms with Crippen LogP contribution in [0.5, 0.6) is 0 Å². The summed E-state index contributed by atoms with van der Waals surface area (Å²) in [4.78, 5) is 13.6. The third-order valence-electron chi connectivity index (χ3n) is 13.0. The van der Waals surface area contributed by atoms with Crippen LogP contribution in [-0.4, -0.2) is 27.2 Å². The van der Waals surface area contributed by atoms with Gasteiger partial charge in [-0.3, -0.25) is 4.79 Å². The van der Waals surface area contributed by atoms with E-state index in [2.05, 4.69) is 48.5 Å². The molecular formula is C37H46O3. The molecule has 0 saturated heterocycles. The number of benzene rings is 2. The van der Waals surface area contributed by atoms with Gasteiger partial charge in [-0.25, -0.2) is 0 Å². The topological polar surface area (TPSA) is 57.5 Å². The molecule has 8 saturated carbocycles. The fourth-order valence-corrected chi connectivity index (χ4v) is 11.8. The van der Waals surface area contributed by atoms with E-state index in [4.69, 9.17) is 0 Å². The van der Waals surface area contributed by atoms with Crippen LogP contribution < -0.4 is 0 Å². The minimum Gasteiger partial charge on any atom is -0.389 e. The first-order chi connectivity index (χ1) is 19.2. The maximum atomic E-state index is 13.6. The Morgan fingerprint density at radius 2 is 0.925 bits per heavy atom. The fourth-order valence-electron chi connectivity index (χ4n) is 11.8. The number of hydrogen-bond donors (Lipinski definition) is 2. The van der Waals surface area contributed by atoms with Crippen molar-refractivity contribution in [2.45, 2.75) is 113 Å². The van der Waals surface area contributed by atoms with Gasteiger partial charge in [-0.2, -0.15) is 0 Å². The van der Waals surface area contributed by atoms with Gasteiger partial charge in [0.1, 0.15) is 5.78 Å². The minimum absolute atomic E-state index is 0.171. The molecule has 10 rings (SSSR count). The number of ketones is 1. The highest BCUT2D eigenvalue weighted by Crippen LogP contribution is 2.63. The van der Waals surface area contributed by atoms with Crippen LogP contribution in [0.1, 0.15) is 124 Å². The Morgan fingerprint density at radius 1 is 0.600 bits per heavy atom. The van der Waals surface area contributed by atoms with E-state index in [1.807, 2.05) is 13.8 Å². The Morgan fingerprint density at radius 3 is 1.23 bits per heavy atom. The van der Waals surface area contributed by atoms with Crippen LogP contribution in [0, 0.1) is 35.5 Å².